The van der Waals surface area contributed by atoms with Crippen molar-refractivity contribution in [3.05, 3.63) is 36.0 Å². The highest BCUT2D eigenvalue weighted by atomic mass is 16.5. The third-order valence-electron chi connectivity index (χ3n) is 6.31. The Kier molecular flexibility index (Phi) is 4.07. The smallest absolute Gasteiger partial charge is 0.330 e. The maximum Gasteiger partial charge on any atom is 0.330 e. The molecule has 0 aromatic carbocycles. The van der Waals surface area contributed by atoms with Crippen molar-refractivity contribution in [3.63, 3.8) is 0 Å². The Labute approximate surface area is 142 Å². The van der Waals surface area contributed by atoms with Gasteiger partial charge in [-0.3, -0.25) is 4.79 Å². The molecule has 128 valence electrons. The molecule has 0 saturated heterocycles. The molecule has 4 rings (SSSR count). The lowest BCUT2D eigenvalue weighted by Crippen LogP contribution is -2.21. The number of allylic oxidation sites excluding steroid dienone is 5. The van der Waals surface area contributed by atoms with Gasteiger partial charge in [0, 0.05) is 6.08 Å². The van der Waals surface area contributed by atoms with E-state index in [1.54, 1.807) is 0 Å². The number of hydrogen-bond donors (Lipinski definition) is 1. The summed E-state index contributed by atoms with van der Waals surface area (Å²) in [6, 6.07) is 0. The van der Waals surface area contributed by atoms with Crippen molar-refractivity contribution < 1.29 is 19.4 Å². The summed E-state index contributed by atoms with van der Waals surface area (Å²) in [5.41, 5.74) is 1.18. The van der Waals surface area contributed by atoms with Crippen molar-refractivity contribution >= 4 is 11.9 Å². The van der Waals surface area contributed by atoms with E-state index >= 15 is 0 Å². The van der Waals surface area contributed by atoms with Crippen LogP contribution in [0.5, 0.6) is 0 Å². The van der Waals surface area contributed by atoms with E-state index in [4.69, 9.17) is 4.74 Å². The van der Waals surface area contributed by atoms with Crippen LogP contribution < -0.4 is 0 Å². The van der Waals surface area contributed by atoms with Crippen LogP contribution in [0.2, 0.25) is 0 Å². The fourth-order valence-electron chi connectivity index (χ4n) is 5.16. The highest BCUT2D eigenvalue weighted by molar-refractivity contribution is 5.82. The Balaban J connectivity index is 1.23. The Morgan fingerprint density at radius 3 is 2.71 bits per heavy atom. The fourth-order valence-corrected chi connectivity index (χ4v) is 5.16. The van der Waals surface area contributed by atoms with Crippen LogP contribution in [0.25, 0.3) is 0 Å². The summed E-state index contributed by atoms with van der Waals surface area (Å²) in [7, 11) is 0. The highest BCUT2D eigenvalue weighted by Gasteiger charge is 2.43. The molecule has 2 fully saturated rings. The number of rotatable bonds is 6. The van der Waals surface area contributed by atoms with Crippen LogP contribution in [0, 0.1) is 35.5 Å². The van der Waals surface area contributed by atoms with Gasteiger partial charge >= 0.3 is 11.9 Å². The zero-order valence-electron chi connectivity index (χ0n) is 13.8. The van der Waals surface area contributed by atoms with E-state index in [1.165, 1.54) is 18.1 Å². The average Bonchev–Trinajstić information content (AvgIpc) is 3.32. The summed E-state index contributed by atoms with van der Waals surface area (Å²) in [5, 5.41) is 9.26. The van der Waals surface area contributed by atoms with Gasteiger partial charge in [-0.15, -0.1) is 0 Å². The van der Waals surface area contributed by atoms with Crippen LogP contribution >= 0.6 is 0 Å². The maximum absolute atomic E-state index is 11.9. The van der Waals surface area contributed by atoms with Crippen molar-refractivity contribution in [1.29, 1.82) is 0 Å². The van der Waals surface area contributed by atoms with Crippen molar-refractivity contribution in [1.82, 2.24) is 0 Å². The summed E-state index contributed by atoms with van der Waals surface area (Å²) >= 11 is 0. The second kappa shape index (κ2) is 6.23. The Hall–Kier alpha value is -1.84. The van der Waals surface area contributed by atoms with Crippen LogP contribution in [0.1, 0.15) is 32.1 Å². The zero-order valence-corrected chi connectivity index (χ0v) is 13.8. The number of carboxylic acids is 1. The molecule has 0 amide bonds. The predicted molar refractivity (Wildman–Crippen MR) is 89.0 cm³/mol. The molecule has 0 aromatic heterocycles. The first-order valence-corrected chi connectivity index (χ1v) is 9.05. The van der Waals surface area contributed by atoms with E-state index in [0.717, 1.165) is 19.3 Å². The van der Waals surface area contributed by atoms with Gasteiger partial charge in [0.05, 0.1) is 12.5 Å². The second-order valence-electron chi connectivity index (χ2n) is 7.80. The number of hydrogen-bond acceptors (Lipinski definition) is 3. The van der Waals surface area contributed by atoms with Crippen LogP contribution in [-0.2, 0) is 14.3 Å². The molecule has 0 aromatic rings. The zero-order chi connectivity index (χ0) is 16.7. The largest absolute Gasteiger partial charge is 0.481 e. The molecule has 4 nitrogen and oxygen atoms in total. The first-order valence-electron chi connectivity index (χ1n) is 9.05. The molecular weight excluding hydrogens is 304 g/mol. The van der Waals surface area contributed by atoms with E-state index in [2.05, 4.69) is 18.2 Å². The molecule has 4 aliphatic rings. The summed E-state index contributed by atoms with van der Waals surface area (Å²) in [6.07, 6.45) is 14.9. The fraction of sp³-hybridized carbons (Fsp3) is 0.600. The Morgan fingerprint density at radius 1 is 1.17 bits per heavy atom. The standard InChI is InChI=1S/C20H24O4/c21-19(24-11-16-7-12-4-5-14(16)6-12)3-1-2-15-8-13-9-17(15)18(10-13)20(22)23/h1,3-5,8,12-14,16-18H,2,6-7,9-11H2,(H,22,23)/b3-1+. The number of esters is 1. The minimum atomic E-state index is -0.684. The lowest BCUT2D eigenvalue weighted by molar-refractivity contribution is -0.143. The highest BCUT2D eigenvalue weighted by Crippen LogP contribution is 2.49. The number of carbonyl (C=O) groups is 2. The summed E-state index contributed by atoms with van der Waals surface area (Å²) in [6.45, 7) is 0.517. The maximum atomic E-state index is 11.9. The van der Waals surface area contributed by atoms with Crippen LogP contribution in [0.15, 0.2) is 36.0 Å². The van der Waals surface area contributed by atoms with E-state index < -0.39 is 5.97 Å². The van der Waals surface area contributed by atoms with E-state index in [1.807, 2.05) is 6.08 Å². The SMILES string of the molecule is O=C(/C=C/CC1=CC2CC(C(=O)O)C1C2)OCC1CC2C=CC1C2. The number of fused-ring (bicyclic) bond motifs is 4. The Bertz CT molecular complexity index is 630. The molecule has 6 atom stereocenters. The van der Waals surface area contributed by atoms with Crippen molar-refractivity contribution in [2.24, 2.45) is 35.5 Å². The monoisotopic (exact) mass is 328 g/mol. The molecule has 0 heterocycles. The van der Waals surface area contributed by atoms with Gasteiger partial charge in [0.25, 0.3) is 0 Å². The summed E-state index contributed by atoms with van der Waals surface area (Å²) in [4.78, 5) is 23.1. The summed E-state index contributed by atoms with van der Waals surface area (Å²) in [5.74, 6) is 1.16. The quantitative estimate of drug-likeness (QED) is 0.461. The van der Waals surface area contributed by atoms with Crippen LogP contribution in [0.4, 0.5) is 0 Å². The van der Waals surface area contributed by atoms with Gasteiger partial charge in [-0.25, -0.2) is 4.79 Å². The van der Waals surface area contributed by atoms with Crippen molar-refractivity contribution in [3.8, 4) is 0 Å². The third kappa shape index (κ3) is 2.94. The average molecular weight is 328 g/mol. The van der Waals surface area contributed by atoms with Gasteiger partial charge in [0.1, 0.15) is 0 Å². The van der Waals surface area contributed by atoms with Gasteiger partial charge in [-0.05, 0) is 61.7 Å². The number of ether oxygens (including phenoxy) is 1. The lowest BCUT2D eigenvalue weighted by atomic mass is 9.86. The molecule has 24 heavy (non-hydrogen) atoms. The third-order valence-corrected chi connectivity index (χ3v) is 6.31. The molecule has 0 radical (unpaired) electrons. The number of carboxylic acid groups (broad SMARTS) is 1. The predicted octanol–water partition coefficient (Wildman–Crippen LogP) is 3.36. The van der Waals surface area contributed by atoms with E-state index in [9.17, 15) is 14.7 Å². The van der Waals surface area contributed by atoms with Gasteiger partial charge < -0.3 is 9.84 Å². The van der Waals surface area contributed by atoms with Crippen molar-refractivity contribution in [2.45, 2.75) is 32.1 Å². The van der Waals surface area contributed by atoms with Gasteiger partial charge in [-0.2, -0.15) is 0 Å². The molecule has 0 spiro atoms. The molecule has 0 aliphatic heterocycles. The minimum Gasteiger partial charge on any atom is -0.481 e. The topological polar surface area (TPSA) is 63.6 Å². The molecule has 2 saturated carbocycles. The van der Waals surface area contributed by atoms with Crippen molar-refractivity contribution in [2.75, 3.05) is 6.61 Å². The Morgan fingerprint density at radius 2 is 2.04 bits per heavy atom. The van der Waals surface area contributed by atoms with Gasteiger partial charge in [-0.1, -0.05) is 29.9 Å². The molecular formula is C20H24O4. The van der Waals surface area contributed by atoms with Gasteiger partial charge in [0.15, 0.2) is 0 Å². The lowest BCUT2D eigenvalue weighted by Gasteiger charge is -2.19. The minimum absolute atomic E-state index is 0.161. The van der Waals surface area contributed by atoms with E-state index in [-0.39, 0.29) is 17.8 Å². The van der Waals surface area contributed by atoms with Gasteiger partial charge in [0.2, 0.25) is 0 Å². The molecule has 4 bridgehead atoms. The molecule has 4 aliphatic carbocycles. The van der Waals surface area contributed by atoms with Crippen LogP contribution in [0.3, 0.4) is 0 Å². The second-order valence-corrected chi connectivity index (χ2v) is 7.80. The number of carbonyl (C=O) groups excluding carboxylic acids is 1. The summed E-state index contributed by atoms with van der Waals surface area (Å²) < 4.78 is 5.39. The number of aliphatic carboxylic acids is 1. The van der Waals surface area contributed by atoms with Crippen LogP contribution in [-0.4, -0.2) is 23.7 Å². The molecule has 1 N–H and O–H groups in total. The normalized spacial score (nSPS) is 38.9. The molecule has 6 unspecified atom stereocenters. The first kappa shape index (κ1) is 15.7. The van der Waals surface area contributed by atoms with E-state index in [0.29, 0.717) is 36.7 Å². The first-order chi connectivity index (χ1) is 11.6. The molecule has 4 heteroatoms.